The third-order valence-electron chi connectivity index (χ3n) is 1.87. The van der Waals surface area contributed by atoms with Crippen LogP contribution in [0.3, 0.4) is 0 Å². The highest BCUT2D eigenvalue weighted by atomic mass is 16.5. The number of fused-ring (bicyclic) bond motifs is 1. The average Bonchev–Trinajstić information content (AvgIpc) is 2.58. The molecule has 4 heteroatoms. The van der Waals surface area contributed by atoms with Crippen LogP contribution in [0.15, 0.2) is 22.9 Å². The van der Waals surface area contributed by atoms with Gasteiger partial charge >= 0.3 is 0 Å². The molecule has 4 nitrogen and oxygen atoms in total. The maximum absolute atomic E-state index is 10.7. The van der Waals surface area contributed by atoms with Crippen molar-refractivity contribution in [2.45, 2.75) is 6.92 Å². The monoisotopic (exact) mass is 191 g/mol. The predicted octanol–water partition coefficient (Wildman–Crippen LogP) is 2.04. The molecule has 2 aromatic heterocycles. The van der Waals surface area contributed by atoms with E-state index in [2.05, 4.69) is 4.98 Å². The van der Waals surface area contributed by atoms with Crippen LogP contribution in [-0.4, -0.2) is 17.9 Å². The van der Waals surface area contributed by atoms with Crippen LogP contribution >= 0.6 is 0 Å². The van der Waals surface area contributed by atoms with Crippen molar-refractivity contribution in [3.8, 4) is 5.75 Å². The molecule has 0 fully saturated rings. The highest BCUT2D eigenvalue weighted by Crippen LogP contribution is 2.31. The lowest BCUT2D eigenvalue weighted by atomic mass is 10.3. The molecule has 14 heavy (non-hydrogen) atoms. The van der Waals surface area contributed by atoms with E-state index in [0.29, 0.717) is 24.2 Å². The summed E-state index contributed by atoms with van der Waals surface area (Å²) in [5, 5.41) is 0.733. The molecule has 0 amide bonds. The number of carbonyl (C=O) groups is 1. The normalized spacial score (nSPS) is 10.4. The highest BCUT2D eigenvalue weighted by Gasteiger charge is 2.14. The number of nitrogens with zero attached hydrogens (tertiary/aromatic N) is 1. The van der Waals surface area contributed by atoms with Gasteiger partial charge in [-0.25, -0.2) is 0 Å². The van der Waals surface area contributed by atoms with Gasteiger partial charge < -0.3 is 9.15 Å². The van der Waals surface area contributed by atoms with Crippen LogP contribution in [0.25, 0.3) is 11.0 Å². The smallest absolute Gasteiger partial charge is 0.209 e. The number of pyridine rings is 1. The molecule has 0 spiro atoms. The first-order valence-electron chi connectivity index (χ1n) is 4.31. The molecule has 0 atom stereocenters. The summed E-state index contributed by atoms with van der Waals surface area (Å²) in [7, 11) is 0. The summed E-state index contributed by atoms with van der Waals surface area (Å²) < 4.78 is 10.6. The molecule has 0 saturated heterocycles. The highest BCUT2D eigenvalue weighted by molar-refractivity contribution is 5.92. The topological polar surface area (TPSA) is 52.3 Å². The third kappa shape index (κ3) is 1.25. The van der Waals surface area contributed by atoms with Crippen molar-refractivity contribution < 1.29 is 13.9 Å². The van der Waals surface area contributed by atoms with Gasteiger partial charge in [0, 0.05) is 12.4 Å². The first kappa shape index (κ1) is 8.74. The van der Waals surface area contributed by atoms with Gasteiger partial charge in [-0.05, 0) is 13.0 Å². The second-order valence-electron chi connectivity index (χ2n) is 2.72. The van der Waals surface area contributed by atoms with Gasteiger partial charge in [0.25, 0.3) is 0 Å². The summed E-state index contributed by atoms with van der Waals surface area (Å²) in [6.07, 6.45) is 3.87. The fraction of sp³-hybridized carbons (Fsp3) is 0.200. The van der Waals surface area contributed by atoms with E-state index in [0.717, 1.165) is 5.39 Å². The van der Waals surface area contributed by atoms with Crippen molar-refractivity contribution in [2.24, 2.45) is 0 Å². The molecule has 0 radical (unpaired) electrons. The van der Waals surface area contributed by atoms with E-state index in [4.69, 9.17) is 9.15 Å². The van der Waals surface area contributed by atoms with Crippen LogP contribution in [0.1, 0.15) is 17.5 Å². The summed E-state index contributed by atoms with van der Waals surface area (Å²) in [5.41, 5.74) is 0.616. The van der Waals surface area contributed by atoms with Crippen LogP contribution < -0.4 is 4.74 Å². The Labute approximate surface area is 80.5 Å². The fourth-order valence-corrected chi connectivity index (χ4v) is 1.31. The summed E-state index contributed by atoms with van der Waals surface area (Å²) in [4.78, 5) is 14.6. The average molecular weight is 191 g/mol. The Bertz CT molecular complexity index is 461. The number of furan rings is 1. The van der Waals surface area contributed by atoms with Crippen molar-refractivity contribution >= 4 is 17.3 Å². The maximum atomic E-state index is 10.7. The summed E-state index contributed by atoms with van der Waals surface area (Å²) >= 11 is 0. The van der Waals surface area contributed by atoms with Crippen molar-refractivity contribution in [3.05, 3.63) is 24.2 Å². The number of hydrogen-bond donors (Lipinski definition) is 0. The molecule has 0 bridgehead atoms. The van der Waals surface area contributed by atoms with Gasteiger partial charge in [0.2, 0.25) is 5.76 Å². The van der Waals surface area contributed by atoms with Crippen LogP contribution in [0, 0.1) is 0 Å². The minimum atomic E-state index is 0.217. The SMILES string of the molecule is CCOc1c(C=O)oc2ccncc12. The van der Waals surface area contributed by atoms with E-state index in [1.54, 1.807) is 18.5 Å². The molecule has 0 N–H and O–H groups in total. The quantitative estimate of drug-likeness (QED) is 0.696. The number of aromatic nitrogens is 1. The number of aldehydes is 1. The number of ether oxygens (including phenoxy) is 1. The van der Waals surface area contributed by atoms with E-state index in [-0.39, 0.29) is 5.76 Å². The van der Waals surface area contributed by atoms with Gasteiger partial charge in [0.1, 0.15) is 5.58 Å². The first-order valence-corrected chi connectivity index (χ1v) is 4.31. The van der Waals surface area contributed by atoms with Crippen molar-refractivity contribution in [3.63, 3.8) is 0 Å². The maximum Gasteiger partial charge on any atom is 0.209 e. The largest absolute Gasteiger partial charge is 0.489 e. The van der Waals surface area contributed by atoms with Gasteiger partial charge in [0.05, 0.1) is 12.0 Å². The van der Waals surface area contributed by atoms with E-state index in [1.807, 2.05) is 6.92 Å². The molecule has 0 aliphatic rings. The summed E-state index contributed by atoms with van der Waals surface area (Å²) in [5.74, 6) is 0.695. The van der Waals surface area contributed by atoms with Crippen LogP contribution in [0.5, 0.6) is 5.75 Å². The van der Waals surface area contributed by atoms with Gasteiger partial charge in [-0.1, -0.05) is 0 Å². The fourth-order valence-electron chi connectivity index (χ4n) is 1.31. The van der Waals surface area contributed by atoms with Gasteiger partial charge in [0.15, 0.2) is 12.0 Å². The van der Waals surface area contributed by atoms with Crippen LogP contribution in [-0.2, 0) is 0 Å². The Morgan fingerprint density at radius 3 is 3.21 bits per heavy atom. The summed E-state index contributed by atoms with van der Waals surface area (Å²) in [6.45, 7) is 2.34. The molecule has 2 heterocycles. The lowest BCUT2D eigenvalue weighted by Gasteiger charge is -1.98. The molecule has 72 valence electrons. The molecule has 2 rings (SSSR count). The van der Waals surface area contributed by atoms with E-state index >= 15 is 0 Å². The predicted molar refractivity (Wildman–Crippen MR) is 50.6 cm³/mol. The zero-order valence-electron chi connectivity index (χ0n) is 7.69. The molecular weight excluding hydrogens is 182 g/mol. The standard InChI is InChI=1S/C10H9NO3/c1-2-13-10-7-5-11-4-3-8(7)14-9(10)6-12/h3-6H,2H2,1H3. The Hall–Kier alpha value is -1.84. The van der Waals surface area contributed by atoms with E-state index < -0.39 is 0 Å². The Kier molecular flexibility index (Phi) is 2.18. The van der Waals surface area contributed by atoms with Gasteiger partial charge in [-0.3, -0.25) is 9.78 Å². The van der Waals surface area contributed by atoms with Crippen molar-refractivity contribution in [2.75, 3.05) is 6.61 Å². The molecule has 0 unspecified atom stereocenters. The minimum Gasteiger partial charge on any atom is -0.489 e. The Morgan fingerprint density at radius 1 is 1.64 bits per heavy atom. The number of carbonyl (C=O) groups excluding carboxylic acids is 1. The van der Waals surface area contributed by atoms with Crippen LogP contribution in [0.4, 0.5) is 0 Å². The third-order valence-corrected chi connectivity index (χ3v) is 1.87. The molecule has 0 aliphatic carbocycles. The molecule has 2 aromatic rings. The second kappa shape index (κ2) is 3.49. The lowest BCUT2D eigenvalue weighted by molar-refractivity contribution is 0.109. The first-order chi connectivity index (χ1) is 6.86. The molecular formula is C10H9NO3. The molecule has 0 saturated carbocycles. The zero-order valence-corrected chi connectivity index (χ0v) is 7.69. The Balaban J connectivity index is 2.67. The number of rotatable bonds is 3. The lowest BCUT2D eigenvalue weighted by Crippen LogP contribution is -1.93. The van der Waals surface area contributed by atoms with E-state index in [9.17, 15) is 4.79 Å². The minimum absolute atomic E-state index is 0.217. The molecule has 0 aliphatic heterocycles. The van der Waals surface area contributed by atoms with Crippen LogP contribution in [0.2, 0.25) is 0 Å². The van der Waals surface area contributed by atoms with Crippen molar-refractivity contribution in [1.82, 2.24) is 4.98 Å². The summed E-state index contributed by atoms with van der Waals surface area (Å²) in [6, 6.07) is 1.70. The van der Waals surface area contributed by atoms with Gasteiger partial charge in [-0.15, -0.1) is 0 Å². The molecule has 0 aromatic carbocycles. The number of hydrogen-bond acceptors (Lipinski definition) is 4. The van der Waals surface area contributed by atoms with Crippen molar-refractivity contribution in [1.29, 1.82) is 0 Å². The Morgan fingerprint density at radius 2 is 2.50 bits per heavy atom. The zero-order chi connectivity index (χ0) is 9.97. The van der Waals surface area contributed by atoms with E-state index in [1.165, 1.54) is 0 Å². The van der Waals surface area contributed by atoms with Gasteiger partial charge in [-0.2, -0.15) is 0 Å². The second-order valence-corrected chi connectivity index (χ2v) is 2.72.